The van der Waals surface area contributed by atoms with Crippen LogP contribution in [0, 0.1) is 0 Å². The largest absolute Gasteiger partial charge is 0.493 e. The highest BCUT2D eigenvalue weighted by atomic mass is 16.5. The number of hydrogen-bond donors (Lipinski definition) is 0. The summed E-state index contributed by atoms with van der Waals surface area (Å²) in [6, 6.07) is 8.12. The predicted molar refractivity (Wildman–Crippen MR) is 119 cm³/mol. The Balaban J connectivity index is 1.82. The van der Waals surface area contributed by atoms with Gasteiger partial charge in [-0.05, 0) is 37.0 Å². The average molecular weight is 383 g/mol. The van der Waals surface area contributed by atoms with Crippen LogP contribution in [0.3, 0.4) is 0 Å². The van der Waals surface area contributed by atoms with Crippen molar-refractivity contribution in [3.63, 3.8) is 0 Å². The second kappa shape index (κ2) is 14.1. The second-order valence-electron chi connectivity index (χ2n) is 7.69. The molecular weight excluding hydrogens is 344 g/mol. The molecule has 2 rings (SSSR count). The standard InChI is InChI=1S/C25H38N2O/c1-3-5-7-9-11-15-19-28-24-18-14-13-17-23(24)25-26-20-22(21-27-25)16-12-10-8-6-4-2/h13-14,17-18,20-21H,3-12,15-16,19H2,1-2H3. The zero-order valence-electron chi connectivity index (χ0n) is 18.0. The first-order valence-corrected chi connectivity index (χ1v) is 11.4. The number of nitrogens with zero attached hydrogens (tertiary/aromatic N) is 2. The van der Waals surface area contributed by atoms with Gasteiger partial charge in [-0.15, -0.1) is 0 Å². The summed E-state index contributed by atoms with van der Waals surface area (Å²) in [4.78, 5) is 9.22. The molecule has 0 unspecified atom stereocenters. The van der Waals surface area contributed by atoms with E-state index in [9.17, 15) is 0 Å². The second-order valence-corrected chi connectivity index (χ2v) is 7.69. The Morgan fingerprint density at radius 3 is 2.04 bits per heavy atom. The first-order valence-electron chi connectivity index (χ1n) is 11.4. The molecule has 1 aromatic heterocycles. The van der Waals surface area contributed by atoms with Gasteiger partial charge in [0.05, 0.1) is 12.2 Å². The molecule has 3 nitrogen and oxygen atoms in total. The van der Waals surface area contributed by atoms with Gasteiger partial charge in [-0.2, -0.15) is 0 Å². The molecule has 0 bridgehead atoms. The number of benzene rings is 1. The molecule has 0 aliphatic rings. The molecule has 3 heteroatoms. The summed E-state index contributed by atoms with van der Waals surface area (Å²) >= 11 is 0. The molecule has 154 valence electrons. The van der Waals surface area contributed by atoms with Gasteiger partial charge in [0, 0.05) is 12.4 Å². The molecule has 0 saturated heterocycles. The van der Waals surface area contributed by atoms with Gasteiger partial charge < -0.3 is 4.74 Å². The minimum Gasteiger partial charge on any atom is -0.493 e. The molecule has 0 aliphatic carbocycles. The monoisotopic (exact) mass is 382 g/mol. The fourth-order valence-electron chi connectivity index (χ4n) is 3.40. The molecule has 1 aromatic carbocycles. The van der Waals surface area contributed by atoms with Crippen molar-refractivity contribution in [2.45, 2.75) is 90.9 Å². The maximum Gasteiger partial charge on any atom is 0.162 e. The first kappa shape index (κ1) is 22.4. The molecule has 28 heavy (non-hydrogen) atoms. The van der Waals surface area contributed by atoms with Crippen LogP contribution in [0.1, 0.15) is 90.0 Å². The molecule has 0 spiro atoms. The van der Waals surface area contributed by atoms with E-state index in [2.05, 4.69) is 29.9 Å². The van der Waals surface area contributed by atoms with Crippen LogP contribution in [0.5, 0.6) is 5.75 Å². The highest BCUT2D eigenvalue weighted by molar-refractivity contribution is 5.63. The SMILES string of the molecule is CCCCCCCCOc1ccccc1-c1ncc(CCCCCCC)cn1. The number of aryl methyl sites for hydroxylation is 1. The van der Waals surface area contributed by atoms with E-state index in [1.807, 2.05) is 30.6 Å². The summed E-state index contributed by atoms with van der Waals surface area (Å²) in [7, 11) is 0. The third-order valence-corrected chi connectivity index (χ3v) is 5.16. The van der Waals surface area contributed by atoms with Gasteiger partial charge in [0.15, 0.2) is 5.82 Å². The normalized spacial score (nSPS) is 10.9. The van der Waals surface area contributed by atoms with Crippen molar-refractivity contribution in [1.82, 2.24) is 9.97 Å². The Morgan fingerprint density at radius 2 is 1.32 bits per heavy atom. The molecule has 0 amide bonds. The van der Waals surface area contributed by atoms with Crippen LogP contribution < -0.4 is 4.74 Å². The minimum absolute atomic E-state index is 0.758. The van der Waals surface area contributed by atoms with Gasteiger partial charge in [0.25, 0.3) is 0 Å². The zero-order valence-corrected chi connectivity index (χ0v) is 18.0. The molecule has 0 aliphatic heterocycles. The fraction of sp³-hybridized carbons (Fsp3) is 0.600. The smallest absolute Gasteiger partial charge is 0.162 e. The van der Waals surface area contributed by atoms with E-state index >= 15 is 0 Å². The summed E-state index contributed by atoms with van der Waals surface area (Å²) in [5, 5.41) is 0. The number of aromatic nitrogens is 2. The zero-order chi connectivity index (χ0) is 19.9. The van der Waals surface area contributed by atoms with Gasteiger partial charge in [-0.1, -0.05) is 83.8 Å². The Labute approximate surface area is 172 Å². The Bertz CT molecular complexity index is 639. The van der Waals surface area contributed by atoms with Crippen molar-refractivity contribution < 1.29 is 4.74 Å². The first-order chi connectivity index (χ1) is 13.8. The highest BCUT2D eigenvalue weighted by Crippen LogP contribution is 2.27. The maximum atomic E-state index is 6.05. The number of hydrogen-bond acceptors (Lipinski definition) is 3. The van der Waals surface area contributed by atoms with Crippen molar-refractivity contribution in [3.8, 4) is 17.1 Å². The van der Waals surface area contributed by atoms with Crippen LogP contribution in [0.4, 0.5) is 0 Å². The topological polar surface area (TPSA) is 35.0 Å². The summed E-state index contributed by atoms with van der Waals surface area (Å²) in [5.41, 5.74) is 2.22. The molecule has 0 radical (unpaired) electrons. The summed E-state index contributed by atoms with van der Waals surface area (Å²) in [6.07, 6.45) is 19.1. The lowest BCUT2D eigenvalue weighted by Gasteiger charge is -2.11. The van der Waals surface area contributed by atoms with Crippen LogP contribution in [-0.4, -0.2) is 16.6 Å². The van der Waals surface area contributed by atoms with E-state index in [4.69, 9.17) is 4.74 Å². The van der Waals surface area contributed by atoms with Crippen molar-refractivity contribution in [2.24, 2.45) is 0 Å². The maximum absolute atomic E-state index is 6.05. The lowest BCUT2D eigenvalue weighted by molar-refractivity contribution is 0.305. The van der Waals surface area contributed by atoms with E-state index < -0.39 is 0 Å². The van der Waals surface area contributed by atoms with Crippen molar-refractivity contribution in [1.29, 1.82) is 0 Å². The van der Waals surface area contributed by atoms with Gasteiger partial charge >= 0.3 is 0 Å². The van der Waals surface area contributed by atoms with Gasteiger partial charge in [0.2, 0.25) is 0 Å². The molecule has 0 fully saturated rings. The van der Waals surface area contributed by atoms with Crippen LogP contribution in [-0.2, 0) is 6.42 Å². The van der Waals surface area contributed by atoms with E-state index in [1.165, 1.54) is 69.8 Å². The van der Waals surface area contributed by atoms with Gasteiger partial charge in [0.1, 0.15) is 5.75 Å². The van der Waals surface area contributed by atoms with Crippen molar-refractivity contribution in [3.05, 3.63) is 42.2 Å². The number of rotatable bonds is 15. The van der Waals surface area contributed by atoms with Crippen molar-refractivity contribution >= 4 is 0 Å². The lowest BCUT2D eigenvalue weighted by Crippen LogP contribution is -2.00. The number of para-hydroxylation sites is 1. The van der Waals surface area contributed by atoms with Gasteiger partial charge in [-0.3, -0.25) is 0 Å². The number of ether oxygens (including phenoxy) is 1. The van der Waals surface area contributed by atoms with E-state index in [1.54, 1.807) is 0 Å². The third-order valence-electron chi connectivity index (χ3n) is 5.16. The van der Waals surface area contributed by atoms with Crippen LogP contribution in [0.2, 0.25) is 0 Å². The van der Waals surface area contributed by atoms with E-state index in [-0.39, 0.29) is 0 Å². The number of unbranched alkanes of at least 4 members (excludes halogenated alkanes) is 9. The van der Waals surface area contributed by atoms with Crippen LogP contribution >= 0.6 is 0 Å². The quantitative estimate of drug-likeness (QED) is 0.301. The molecule has 1 heterocycles. The summed E-state index contributed by atoms with van der Waals surface area (Å²) in [5.74, 6) is 1.65. The Hall–Kier alpha value is -1.90. The van der Waals surface area contributed by atoms with Crippen LogP contribution in [0.25, 0.3) is 11.4 Å². The molecule has 0 saturated carbocycles. The van der Waals surface area contributed by atoms with Gasteiger partial charge in [-0.25, -0.2) is 9.97 Å². The molecule has 0 atom stereocenters. The average Bonchev–Trinajstić information content (AvgIpc) is 2.74. The van der Waals surface area contributed by atoms with E-state index in [0.29, 0.717) is 0 Å². The predicted octanol–water partition coefficient (Wildman–Crippen LogP) is 7.40. The molecular formula is C25H38N2O. The third kappa shape index (κ3) is 8.41. The fourth-order valence-corrected chi connectivity index (χ4v) is 3.40. The van der Waals surface area contributed by atoms with Crippen molar-refractivity contribution in [2.75, 3.05) is 6.61 Å². The highest BCUT2D eigenvalue weighted by Gasteiger charge is 2.08. The minimum atomic E-state index is 0.758. The lowest BCUT2D eigenvalue weighted by atomic mass is 10.1. The molecule has 0 N–H and O–H groups in total. The molecule has 2 aromatic rings. The Morgan fingerprint density at radius 1 is 0.714 bits per heavy atom. The Kier molecular flexibility index (Phi) is 11.3. The van der Waals surface area contributed by atoms with E-state index in [0.717, 1.165) is 36.6 Å². The van der Waals surface area contributed by atoms with Crippen LogP contribution in [0.15, 0.2) is 36.7 Å². The summed E-state index contributed by atoms with van der Waals surface area (Å²) in [6.45, 7) is 5.27. The summed E-state index contributed by atoms with van der Waals surface area (Å²) < 4.78 is 6.05.